The number of aromatic nitrogens is 1. The molecule has 0 saturated carbocycles. The molecule has 0 aliphatic carbocycles. The van der Waals surface area contributed by atoms with E-state index in [1.165, 1.54) is 6.07 Å². The van der Waals surface area contributed by atoms with Crippen LogP contribution < -0.4 is 5.32 Å². The number of rotatable bonds is 6. The second-order valence-electron chi connectivity index (χ2n) is 4.67. The molecule has 1 aromatic carbocycles. The summed E-state index contributed by atoms with van der Waals surface area (Å²) in [6.45, 7) is 2.88. The molecule has 0 spiro atoms. The zero-order valence-corrected chi connectivity index (χ0v) is 12.2. The van der Waals surface area contributed by atoms with Crippen LogP contribution in [0.1, 0.15) is 30.6 Å². The molecule has 1 heterocycles. The van der Waals surface area contributed by atoms with Gasteiger partial charge in [-0.3, -0.25) is 4.98 Å². The Morgan fingerprint density at radius 3 is 2.75 bits per heavy atom. The van der Waals surface area contributed by atoms with Crippen molar-refractivity contribution in [3.8, 4) is 0 Å². The van der Waals surface area contributed by atoms with Gasteiger partial charge in [0.15, 0.2) is 0 Å². The molecule has 2 aromatic rings. The lowest BCUT2D eigenvalue weighted by Gasteiger charge is -2.20. The molecule has 1 atom stereocenters. The molecule has 2 rings (SSSR count). The quantitative estimate of drug-likeness (QED) is 0.865. The van der Waals surface area contributed by atoms with Crippen LogP contribution in [-0.4, -0.2) is 11.5 Å². The number of hydrogen-bond acceptors (Lipinski definition) is 2. The maximum atomic E-state index is 14.1. The first-order valence-corrected chi connectivity index (χ1v) is 7.17. The van der Waals surface area contributed by atoms with Gasteiger partial charge < -0.3 is 5.32 Å². The van der Waals surface area contributed by atoms with E-state index in [0.29, 0.717) is 17.0 Å². The number of benzene rings is 1. The highest BCUT2D eigenvalue weighted by molar-refractivity contribution is 6.31. The van der Waals surface area contributed by atoms with Gasteiger partial charge in [0.05, 0.1) is 0 Å². The number of pyridine rings is 1. The van der Waals surface area contributed by atoms with Gasteiger partial charge >= 0.3 is 0 Å². The minimum absolute atomic E-state index is 0.168. The van der Waals surface area contributed by atoms with E-state index in [4.69, 9.17) is 11.6 Å². The summed E-state index contributed by atoms with van der Waals surface area (Å²) in [5, 5.41) is 3.80. The third kappa shape index (κ3) is 3.78. The molecule has 1 N–H and O–H groups in total. The van der Waals surface area contributed by atoms with E-state index in [2.05, 4.69) is 17.2 Å². The van der Waals surface area contributed by atoms with Crippen LogP contribution in [0, 0.1) is 5.82 Å². The van der Waals surface area contributed by atoms with E-state index in [1.807, 2.05) is 18.2 Å². The van der Waals surface area contributed by atoms with Crippen LogP contribution in [0.25, 0.3) is 0 Å². The molecule has 2 nitrogen and oxygen atoms in total. The van der Waals surface area contributed by atoms with Gasteiger partial charge in [0, 0.05) is 34.9 Å². The van der Waals surface area contributed by atoms with Crippen molar-refractivity contribution in [2.75, 3.05) is 6.54 Å². The first kappa shape index (κ1) is 14.9. The topological polar surface area (TPSA) is 24.9 Å². The van der Waals surface area contributed by atoms with Gasteiger partial charge in [0.25, 0.3) is 0 Å². The first-order chi connectivity index (χ1) is 9.72. The van der Waals surface area contributed by atoms with Crippen LogP contribution in [0.15, 0.2) is 42.6 Å². The summed E-state index contributed by atoms with van der Waals surface area (Å²) >= 11 is 6.17. The fourth-order valence-corrected chi connectivity index (χ4v) is 2.46. The maximum absolute atomic E-state index is 14.1. The smallest absolute Gasteiger partial charge is 0.129 e. The SMILES string of the molecule is CCCNC(Cc1ccccn1)c1c(F)cccc1Cl. The van der Waals surface area contributed by atoms with E-state index >= 15 is 0 Å². The predicted octanol–water partition coefficient (Wildman–Crippen LogP) is 4.16. The number of nitrogens with zero attached hydrogens (tertiary/aromatic N) is 1. The average Bonchev–Trinajstić information content (AvgIpc) is 2.45. The van der Waals surface area contributed by atoms with Gasteiger partial charge in [0.2, 0.25) is 0 Å². The minimum atomic E-state index is -0.276. The molecule has 0 aliphatic rings. The Kier molecular flexibility index (Phi) is 5.50. The Morgan fingerprint density at radius 1 is 1.25 bits per heavy atom. The molecule has 0 saturated heterocycles. The Hall–Kier alpha value is -1.45. The summed E-state index contributed by atoms with van der Waals surface area (Å²) in [7, 11) is 0. The average molecular weight is 293 g/mol. The van der Waals surface area contributed by atoms with E-state index in [9.17, 15) is 4.39 Å². The van der Waals surface area contributed by atoms with Crippen molar-refractivity contribution in [1.29, 1.82) is 0 Å². The van der Waals surface area contributed by atoms with Crippen LogP contribution >= 0.6 is 11.6 Å². The van der Waals surface area contributed by atoms with Crippen LogP contribution in [0.2, 0.25) is 5.02 Å². The zero-order chi connectivity index (χ0) is 14.4. The van der Waals surface area contributed by atoms with Crippen LogP contribution in [-0.2, 0) is 6.42 Å². The second kappa shape index (κ2) is 7.36. The zero-order valence-electron chi connectivity index (χ0n) is 11.4. The molecule has 0 bridgehead atoms. The first-order valence-electron chi connectivity index (χ1n) is 6.79. The largest absolute Gasteiger partial charge is 0.309 e. The summed E-state index contributed by atoms with van der Waals surface area (Å²) in [4.78, 5) is 4.31. The van der Waals surface area contributed by atoms with Crippen molar-refractivity contribution in [3.05, 3.63) is 64.7 Å². The van der Waals surface area contributed by atoms with Crippen molar-refractivity contribution >= 4 is 11.6 Å². The fraction of sp³-hybridized carbons (Fsp3) is 0.312. The highest BCUT2D eigenvalue weighted by atomic mass is 35.5. The van der Waals surface area contributed by atoms with Crippen LogP contribution in [0.3, 0.4) is 0 Å². The van der Waals surface area contributed by atoms with Gasteiger partial charge in [0.1, 0.15) is 5.82 Å². The summed E-state index contributed by atoms with van der Waals surface area (Å²) < 4.78 is 14.1. The normalized spacial score (nSPS) is 12.3. The van der Waals surface area contributed by atoms with E-state index in [1.54, 1.807) is 18.3 Å². The Labute approximate surface area is 124 Å². The van der Waals surface area contributed by atoms with Crippen molar-refractivity contribution in [1.82, 2.24) is 10.3 Å². The Morgan fingerprint density at radius 2 is 2.10 bits per heavy atom. The van der Waals surface area contributed by atoms with Crippen molar-refractivity contribution in [2.24, 2.45) is 0 Å². The molecule has 1 unspecified atom stereocenters. The molecular formula is C16H18ClFN2. The summed E-state index contributed by atoms with van der Waals surface area (Å²) in [5.74, 6) is -0.276. The third-order valence-electron chi connectivity index (χ3n) is 3.13. The predicted molar refractivity (Wildman–Crippen MR) is 80.4 cm³/mol. The molecule has 4 heteroatoms. The number of nitrogens with one attached hydrogen (secondary N) is 1. The second-order valence-corrected chi connectivity index (χ2v) is 5.07. The molecule has 0 fully saturated rings. The van der Waals surface area contributed by atoms with Crippen LogP contribution in [0.4, 0.5) is 4.39 Å². The molecular weight excluding hydrogens is 275 g/mol. The van der Waals surface area contributed by atoms with Gasteiger partial charge in [-0.25, -0.2) is 4.39 Å². The van der Waals surface area contributed by atoms with Gasteiger partial charge in [-0.15, -0.1) is 0 Å². The monoisotopic (exact) mass is 292 g/mol. The van der Waals surface area contributed by atoms with Gasteiger partial charge in [-0.05, 0) is 37.2 Å². The molecule has 0 amide bonds. The van der Waals surface area contributed by atoms with Gasteiger partial charge in [-0.2, -0.15) is 0 Å². The summed E-state index contributed by atoms with van der Waals surface area (Å²) in [6.07, 6.45) is 3.33. The van der Waals surface area contributed by atoms with E-state index in [0.717, 1.165) is 18.7 Å². The highest BCUT2D eigenvalue weighted by Crippen LogP contribution is 2.28. The lowest BCUT2D eigenvalue weighted by molar-refractivity contribution is 0.494. The van der Waals surface area contributed by atoms with Crippen molar-refractivity contribution in [2.45, 2.75) is 25.8 Å². The van der Waals surface area contributed by atoms with Crippen LogP contribution in [0.5, 0.6) is 0 Å². The molecule has 1 aromatic heterocycles. The molecule has 106 valence electrons. The Bertz CT molecular complexity index is 525. The molecule has 0 aliphatic heterocycles. The fourth-order valence-electron chi connectivity index (χ4n) is 2.17. The maximum Gasteiger partial charge on any atom is 0.129 e. The third-order valence-corrected chi connectivity index (χ3v) is 3.46. The number of halogens is 2. The molecule has 20 heavy (non-hydrogen) atoms. The summed E-state index contributed by atoms with van der Waals surface area (Å²) in [6, 6.07) is 10.4. The lowest BCUT2D eigenvalue weighted by atomic mass is 10.0. The van der Waals surface area contributed by atoms with E-state index in [-0.39, 0.29) is 11.9 Å². The highest BCUT2D eigenvalue weighted by Gasteiger charge is 2.19. The Balaban J connectivity index is 2.27. The summed E-state index contributed by atoms with van der Waals surface area (Å²) in [5.41, 5.74) is 1.44. The number of hydrogen-bond donors (Lipinski definition) is 1. The van der Waals surface area contributed by atoms with Gasteiger partial charge in [-0.1, -0.05) is 30.7 Å². The van der Waals surface area contributed by atoms with Crippen molar-refractivity contribution in [3.63, 3.8) is 0 Å². The standard InChI is InChI=1S/C16H18ClFN2/c1-2-9-20-15(11-12-6-3-4-10-19-12)16-13(17)7-5-8-14(16)18/h3-8,10,15,20H,2,9,11H2,1H3. The van der Waals surface area contributed by atoms with E-state index < -0.39 is 0 Å². The minimum Gasteiger partial charge on any atom is -0.309 e. The van der Waals surface area contributed by atoms with Crippen molar-refractivity contribution < 1.29 is 4.39 Å². The lowest BCUT2D eigenvalue weighted by Crippen LogP contribution is -2.25. The molecule has 0 radical (unpaired) electrons.